The molecule has 37 heavy (non-hydrogen) atoms. The Morgan fingerprint density at radius 1 is 1.14 bits per heavy atom. The molecule has 1 aliphatic rings. The largest absolute Gasteiger partial charge is 0.487 e. The fourth-order valence-corrected chi connectivity index (χ4v) is 6.31. The predicted octanol–water partition coefficient (Wildman–Crippen LogP) is 6.16. The zero-order valence-corrected chi connectivity index (χ0v) is 24.0. The van der Waals surface area contributed by atoms with Gasteiger partial charge in [0.05, 0.1) is 20.1 Å². The number of nitriles is 1. The van der Waals surface area contributed by atoms with Crippen LogP contribution in [0.25, 0.3) is 6.08 Å². The molecule has 1 N–H and O–H groups in total. The third kappa shape index (κ3) is 6.68. The lowest BCUT2D eigenvalue weighted by molar-refractivity contribution is -0.127. The number of nitrogens with one attached hydrogen (secondary N) is 1. The van der Waals surface area contributed by atoms with Crippen molar-refractivity contribution >= 4 is 85.8 Å². The van der Waals surface area contributed by atoms with Gasteiger partial charge in [-0.15, -0.1) is 0 Å². The normalized spacial score (nSPS) is 14.1. The van der Waals surface area contributed by atoms with Crippen LogP contribution in [0.4, 0.5) is 14.9 Å². The number of carbonyl (C=O) groups is 3. The van der Waals surface area contributed by atoms with E-state index in [1.165, 1.54) is 18.2 Å². The lowest BCUT2D eigenvalue weighted by atomic mass is 10.1. The summed E-state index contributed by atoms with van der Waals surface area (Å²) in [5.41, 5.74) is 2.03. The van der Waals surface area contributed by atoms with Crippen LogP contribution in [0.15, 0.2) is 65.6 Å². The Balaban J connectivity index is 1.54. The van der Waals surface area contributed by atoms with Crippen LogP contribution in [0, 0.1) is 24.3 Å². The number of thioether (sulfide) groups is 1. The summed E-state index contributed by atoms with van der Waals surface area (Å²) in [4.78, 5) is 38.9. The van der Waals surface area contributed by atoms with Gasteiger partial charge in [-0.1, -0.05) is 24.3 Å². The molecule has 0 unspecified atom stereocenters. The Kier molecular flexibility index (Phi) is 8.83. The van der Waals surface area contributed by atoms with E-state index >= 15 is 0 Å². The standard InChI is InChI=1S/C26H16FI2N3O4S/c27-18-6-3-7-20(10-18)31-23(33)13-32-25(34)22(37-26(32)35)9-17-8-19(28)11-21(29)24(17)36-14-16-5-2-1-4-15(16)12-30/h1-11H,13-14H2,(H,31,33)/b22-9+. The molecule has 0 atom stereocenters. The molecule has 4 rings (SSSR count). The molecule has 3 amide bonds. The summed E-state index contributed by atoms with van der Waals surface area (Å²) in [6, 6.07) is 18.3. The zero-order valence-electron chi connectivity index (χ0n) is 18.8. The summed E-state index contributed by atoms with van der Waals surface area (Å²) in [6.07, 6.45) is 1.56. The number of carbonyl (C=O) groups excluding carboxylic acids is 3. The summed E-state index contributed by atoms with van der Waals surface area (Å²) < 4.78 is 21.1. The van der Waals surface area contributed by atoms with Gasteiger partial charge in [-0.25, -0.2) is 4.39 Å². The number of rotatable bonds is 7. The highest BCUT2D eigenvalue weighted by Crippen LogP contribution is 2.36. The van der Waals surface area contributed by atoms with Gasteiger partial charge in [0.2, 0.25) is 5.91 Å². The molecule has 3 aromatic carbocycles. The lowest BCUT2D eigenvalue weighted by Crippen LogP contribution is -2.36. The summed E-state index contributed by atoms with van der Waals surface area (Å²) in [6.45, 7) is -0.362. The van der Waals surface area contributed by atoms with Crippen molar-refractivity contribution < 1.29 is 23.5 Å². The molecule has 0 spiro atoms. The smallest absolute Gasteiger partial charge is 0.294 e. The van der Waals surface area contributed by atoms with Crippen molar-refractivity contribution in [1.82, 2.24) is 4.90 Å². The quantitative estimate of drug-likeness (QED) is 0.231. The van der Waals surface area contributed by atoms with Crippen molar-refractivity contribution in [3.8, 4) is 11.8 Å². The minimum absolute atomic E-state index is 0.142. The van der Waals surface area contributed by atoms with Crippen molar-refractivity contribution in [2.75, 3.05) is 11.9 Å². The van der Waals surface area contributed by atoms with Crippen molar-refractivity contribution in [1.29, 1.82) is 5.26 Å². The van der Waals surface area contributed by atoms with E-state index < -0.39 is 29.4 Å². The number of ether oxygens (including phenoxy) is 1. The van der Waals surface area contributed by atoms with Crippen LogP contribution in [-0.2, 0) is 16.2 Å². The number of benzene rings is 3. The zero-order chi connectivity index (χ0) is 26.5. The molecular formula is C26H16FI2N3O4S. The summed E-state index contributed by atoms with van der Waals surface area (Å²) >= 11 is 5.00. The van der Waals surface area contributed by atoms with E-state index in [4.69, 9.17) is 4.74 Å². The van der Waals surface area contributed by atoms with Gasteiger partial charge in [0, 0.05) is 20.4 Å². The number of hydrogen-bond donors (Lipinski definition) is 1. The molecule has 7 nitrogen and oxygen atoms in total. The first-order chi connectivity index (χ1) is 17.7. The topological polar surface area (TPSA) is 99.5 Å². The van der Waals surface area contributed by atoms with E-state index in [1.54, 1.807) is 24.3 Å². The van der Waals surface area contributed by atoms with E-state index in [0.29, 0.717) is 16.9 Å². The first kappa shape index (κ1) is 27.1. The molecule has 0 radical (unpaired) electrons. The van der Waals surface area contributed by atoms with E-state index in [9.17, 15) is 24.0 Å². The van der Waals surface area contributed by atoms with Crippen LogP contribution in [0.2, 0.25) is 0 Å². The number of hydrogen-bond acceptors (Lipinski definition) is 6. The van der Waals surface area contributed by atoms with Gasteiger partial charge in [0.1, 0.15) is 24.7 Å². The molecule has 1 fully saturated rings. The Morgan fingerprint density at radius 3 is 2.68 bits per heavy atom. The molecule has 1 saturated heterocycles. The second kappa shape index (κ2) is 12.1. The second-order valence-electron chi connectivity index (χ2n) is 7.69. The molecule has 0 aliphatic carbocycles. The molecule has 186 valence electrons. The maximum atomic E-state index is 13.4. The monoisotopic (exact) mass is 739 g/mol. The Bertz CT molecular complexity index is 1490. The highest BCUT2D eigenvalue weighted by molar-refractivity contribution is 14.1. The number of halogens is 3. The average molecular weight is 739 g/mol. The maximum Gasteiger partial charge on any atom is 0.294 e. The van der Waals surface area contributed by atoms with Gasteiger partial charge in [-0.2, -0.15) is 5.26 Å². The van der Waals surface area contributed by atoms with Gasteiger partial charge in [0.25, 0.3) is 11.1 Å². The molecular weight excluding hydrogens is 723 g/mol. The minimum Gasteiger partial charge on any atom is -0.487 e. The third-order valence-corrected chi connectivity index (χ3v) is 7.45. The van der Waals surface area contributed by atoms with E-state index in [2.05, 4.69) is 56.6 Å². The highest BCUT2D eigenvalue weighted by Gasteiger charge is 2.36. The molecule has 11 heteroatoms. The summed E-state index contributed by atoms with van der Waals surface area (Å²) in [5.74, 6) is -1.25. The van der Waals surface area contributed by atoms with Gasteiger partial charge in [-0.05, 0) is 99.4 Å². The number of nitrogens with zero attached hydrogens (tertiary/aromatic N) is 2. The molecule has 0 saturated carbocycles. The van der Waals surface area contributed by atoms with E-state index in [-0.39, 0.29) is 17.2 Å². The van der Waals surface area contributed by atoms with Crippen LogP contribution >= 0.6 is 56.9 Å². The molecule has 1 heterocycles. The first-order valence-corrected chi connectivity index (χ1v) is 13.6. The Labute approximate surface area is 243 Å². The highest BCUT2D eigenvalue weighted by atomic mass is 127. The van der Waals surface area contributed by atoms with Crippen LogP contribution in [0.5, 0.6) is 5.75 Å². The SMILES string of the molecule is N#Cc1ccccc1COc1c(I)cc(I)cc1/C=C1/SC(=O)N(CC(=O)Nc2cccc(F)c2)C1=O. The fraction of sp³-hybridized carbons (Fsp3) is 0.0769. The van der Waals surface area contributed by atoms with E-state index in [1.807, 2.05) is 18.2 Å². The number of imide groups is 1. The van der Waals surface area contributed by atoms with Crippen LogP contribution in [-0.4, -0.2) is 28.5 Å². The van der Waals surface area contributed by atoms with E-state index in [0.717, 1.165) is 35.4 Å². The van der Waals surface area contributed by atoms with Gasteiger partial charge in [0.15, 0.2) is 0 Å². The Hall–Kier alpha value is -2.96. The second-order valence-corrected chi connectivity index (χ2v) is 11.1. The number of anilines is 1. The maximum absolute atomic E-state index is 13.4. The minimum atomic E-state index is -0.627. The van der Waals surface area contributed by atoms with Gasteiger partial charge >= 0.3 is 0 Å². The fourth-order valence-electron chi connectivity index (χ4n) is 3.43. The third-order valence-electron chi connectivity index (χ3n) is 5.12. The van der Waals surface area contributed by atoms with Gasteiger partial charge in [-0.3, -0.25) is 19.3 Å². The van der Waals surface area contributed by atoms with Crippen LogP contribution in [0.3, 0.4) is 0 Å². The van der Waals surface area contributed by atoms with Gasteiger partial charge < -0.3 is 10.1 Å². The van der Waals surface area contributed by atoms with Crippen LogP contribution < -0.4 is 10.1 Å². The molecule has 0 bridgehead atoms. The van der Waals surface area contributed by atoms with Crippen molar-refractivity contribution in [3.63, 3.8) is 0 Å². The Morgan fingerprint density at radius 2 is 1.92 bits per heavy atom. The summed E-state index contributed by atoms with van der Waals surface area (Å²) in [5, 5.41) is 11.2. The molecule has 0 aromatic heterocycles. The lowest BCUT2D eigenvalue weighted by Gasteiger charge is -2.14. The van der Waals surface area contributed by atoms with Crippen molar-refractivity contribution in [3.05, 3.63) is 95.2 Å². The first-order valence-electron chi connectivity index (χ1n) is 10.7. The van der Waals surface area contributed by atoms with Crippen LogP contribution in [0.1, 0.15) is 16.7 Å². The summed E-state index contributed by atoms with van der Waals surface area (Å²) in [7, 11) is 0. The van der Waals surface area contributed by atoms with Crippen molar-refractivity contribution in [2.45, 2.75) is 6.61 Å². The molecule has 1 aliphatic heterocycles. The predicted molar refractivity (Wildman–Crippen MR) is 155 cm³/mol. The number of amides is 3. The average Bonchev–Trinajstić information content (AvgIpc) is 3.11. The molecule has 3 aromatic rings. The van der Waals surface area contributed by atoms with Crippen molar-refractivity contribution in [2.24, 2.45) is 0 Å².